The molecule has 7 heteroatoms. The zero-order chi connectivity index (χ0) is 19.2. The van der Waals surface area contributed by atoms with Crippen LogP contribution in [0.15, 0.2) is 42.5 Å². The lowest BCUT2D eigenvalue weighted by atomic mass is 10.1. The molecule has 0 unspecified atom stereocenters. The minimum Gasteiger partial charge on any atom is -0.454 e. The van der Waals surface area contributed by atoms with Gasteiger partial charge in [0.1, 0.15) is 0 Å². The summed E-state index contributed by atoms with van der Waals surface area (Å²) in [7, 11) is 0. The van der Waals surface area contributed by atoms with Crippen molar-refractivity contribution < 1.29 is 28.6 Å². The molecule has 0 radical (unpaired) electrons. The van der Waals surface area contributed by atoms with Gasteiger partial charge in [0.2, 0.25) is 12.7 Å². The number of carbonyl (C=O) groups excluding carboxylic acids is 3. The summed E-state index contributed by atoms with van der Waals surface area (Å²) in [5.41, 5.74) is 1.28. The molecular weight excluding hydrogens is 350 g/mol. The third-order valence-corrected chi connectivity index (χ3v) is 3.91. The van der Waals surface area contributed by atoms with Crippen molar-refractivity contribution in [2.75, 3.05) is 18.7 Å². The van der Waals surface area contributed by atoms with Crippen LogP contribution >= 0.6 is 0 Å². The Morgan fingerprint density at radius 1 is 1.00 bits per heavy atom. The highest BCUT2D eigenvalue weighted by molar-refractivity contribution is 6.00. The second-order valence-electron chi connectivity index (χ2n) is 5.94. The Balaban J connectivity index is 1.54. The number of amides is 1. The lowest BCUT2D eigenvalue weighted by molar-refractivity contribution is -0.116. The first-order valence-corrected chi connectivity index (χ1v) is 8.56. The first-order valence-electron chi connectivity index (χ1n) is 8.56. The molecule has 0 fully saturated rings. The van der Waals surface area contributed by atoms with E-state index in [-0.39, 0.29) is 30.7 Å². The number of Topliss-reactive ketones (excluding diaryl/α,β-unsaturated/α-hetero) is 1. The Hall–Kier alpha value is -3.35. The van der Waals surface area contributed by atoms with E-state index in [0.717, 1.165) is 6.42 Å². The molecule has 0 saturated carbocycles. The number of rotatable bonds is 7. The molecule has 0 spiro atoms. The standard InChI is InChI=1S/C20H19NO6/c1-2-3-19(23)21-15-7-4-13(5-8-15)16(22)11-25-20(24)14-6-9-17-18(10-14)27-12-26-17/h4-10H,2-3,11-12H2,1H3,(H,21,23). The van der Waals surface area contributed by atoms with E-state index in [1.165, 1.54) is 6.07 Å². The average molecular weight is 369 g/mol. The molecule has 0 aromatic heterocycles. The molecule has 1 N–H and O–H groups in total. The fourth-order valence-corrected chi connectivity index (χ4v) is 2.51. The van der Waals surface area contributed by atoms with Gasteiger partial charge in [-0.25, -0.2) is 4.79 Å². The Morgan fingerprint density at radius 2 is 1.70 bits per heavy atom. The first kappa shape index (κ1) is 18.4. The van der Waals surface area contributed by atoms with E-state index in [1.54, 1.807) is 36.4 Å². The number of ketones is 1. The zero-order valence-electron chi connectivity index (χ0n) is 14.8. The van der Waals surface area contributed by atoms with Crippen molar-refractivity contribution in [3.8, 4) is 11.5 Å². The number of benzene rings is 2. The maximum atomic E-state index is 12.2. The van der Waals surface area contributed by atoms with E-state index < -0.39 is 5.97 Å². The van der Waals surface area contributed by atoms with E-state index >= 15 is 0 Å². The third-order valence-electron chi connectivity index (χ3n) is 3.91. The van der Waals surface area contributed by atoms with Crippen LogP contribution in [0, 0.1) is 0 Å². The molecule has 0 atom stereocenters. The summed E-state index contributed by atoms with van der Waals surface area (Å²) < 4.78 is 15.5. The lowest BCUT2D eigenvalue weighted by Gasteiger charge is -2.07. The summed E-state index contributed by atoms with van der Waals surface area (Å²) in [6.45, 7) is 1.66. The van der Waals surface area contributed by atoms with Crippen molar-refractivity contribution in [3.63, 3.8) is 0 Å². The molecule has 1 heterocycles. The number of carbonyl (C=O) groups is 3. The van der Waals surface area contributed by atoms with Crippen molar-refractivity contribution in [1.29, 1.82) is 0 Å². The predicted molar refractivity (Wildman–Crippen MR) is 97.2 cm³/mol. The third kappa shape index (κ3) is 4.63. The summed E-state index contributed by atoms with van der Waals surface area (Å²) in [6, 6.07) is 11.1. The summed E-state index contributed by atoms with van der Waals surface area (Å²) in [5, 5.41) is 2.74. The van der Waals surface area contributed by atoms with Gasteiger partial charge in [0.25, 0.3) is 0 Å². The first-order chi connectivity index (χ1) is 13.1. The Morgan fingerprint density at radius 3 is 2.44 bits per heavy atom. The second-order valence-corrected chi connectivity index (χ2v) is 5.94. The topological polar surface area (TPSA) is 90.9 Å². The number of hydrogen-bond acceptors (Lipinski definition) is 6. The molecule has 1 amide bonds. The number of hydrogen-bond donors (Lipinski definition) is 1. The number of ether oxygens (including phenoxy) is 3. The van der Waals surface area contributed by atoms with Gasteiger partial charge in [0.15, 0.2) is 23.9 Å². The van der Waals surface area contributed by atoms with Crippen molar-refractivity contribution in [2.45, 2.75) is 19.8 Å². The van der Waals surface area contributed by atoms with Crippen LogP contribution in [-0.4, -0.2) is 31.1 Å². The van der Waals surface area contributed by atoms with Gasteiger partial charge in [-0.3, -0.25) is 9.59 Å². The van der Waals surface area contributed by atoms with Crippen LogP contribution in [0.4, 0.5) is 5.69 Å². The molecular formula is C20H19NO6. The monoisotopic (exact) mass is 369 g/mol. The highest BCUT2D eigenvalue weighted by atomic mass is 16.7. The minimum atomic E-state index is -0.620. The van der Waals surface area contributed by atoms with E-state index in [4.69, 9.17) is 14.2 Å². The molecule has 0 bridgehead atoms. The maximum Gasteiger partial charge on any atom is 0.338 e. The van der Waals surface area contributed by atoms with Gasteiger partial charge < -0.3 is 19.5 Å². The number of esters is 1. The SMILES string of the molecule is CCCC(=O)Nc1ccc(C(=O)COC(=O)c2ccc3c(c2)OCO3)cc1. The summed E-state index contributed by atoms with van der Waals surface area (Å²) in [4.78, 5) is 35.9. The average Bonchev–Trinajstić information content (AvgIpc) is 3.14. The van der Waals surface area contributed by atoms with Crippen LogP contribution in [0.2, 0.25) is 0 Å². The number of fused-ring (bicyclic) bond motifs is 1. The lowest BCUT2D eigenvalue weighted by Crippen LogP contribution is -2.14. The molecule has 0 saturated heterocycles. The van der Waals surface area contributed by atoms with Crippen LogP contribution in [0.3, 0.4) is 0 Å². The van der Waals surface area contributed by atoms with Crippen molar-refractivity contribution >= 4 is 23.3 Å². The van der Waals surface area contributed by atoms with Crippen LogP contribution in [0.1, 0.15) is 40.5 Å². The molecule has 2 aromatic carbocycles. The highest BCUT2D eigenvalue weighted by Crippen LogP contribution is 2.32. The zero-order valence-corrected chi connectivity index (χ0v) is 14.8. The van der Waals surface area contributed by atoms with E-state index in [0.29, 0.717) is 29.2 Å². The van der Waals surface area contributed by atoms with Gasteiger partial charge in [-0.15, -0.1) is 0 Å². The maximum absolute atomic E-state index is 12.2. The van der Waals surface area contributed by atoms with Crippen LogP contribution in [0.5, 0.6) is 11.5 Å². The summed E-state index contributed by atoms with van der Waals surface area (Å²) in [5.74, 6) is 0.0000825. The van der Waals surface area contributed by atoms with Gasteiger partial charge in [-0.2, -0.15) is 0 Å². The minimum absolute atomic E-state index is 0.0748. The van der Waals surface area contributed by atoms with Crippen LogP contribution in [-0.2, 0) is 9.53 Å². The van der Waals surface area contributed by atoms with Crippen LogP contribution in [0.25, 0.3) is 0 Å². The molecule has 3 rings (SSSR count). The van der Waals surface area contributed by atoms with Crippen molar-refractivity contribution in [1.82, 2.24) is 0 Å². The Labute approximate surface area is 156 Å². The van der Waals surface area contributed by atoms with Crippen molar-refractivity contribution in [2.24, 2.45) is 0 Å². The second kappa shape index (κ2) is 8.35. The summed E-state index contributed by atoms with van der Waals surface area (Å²) >= 11 is 0. The highest BCUT2D eigenvalue weighted by Gasteiger charge is 2.18. The van der Waals surface area contributed by atoms with E-state index in [1.807, 2.05) is 6.92 Å². The van der Waals surface area contributed by atoms with Crippen molar-refractivity contribution in [3.05, 3.63) is 53.6 Å². The van der Waals surface area contributed by atoms with E-state index in [2.05, 4.69) is 5.32 Å². The number of anilines is 1. The quantitative estimate of drug-likeness (QED) is 0.595. The van der Waals surface area contributed by atoms with Gasteiger partial charge >= 0.3 is 5.97 Å². The molecule has 140 valence electrons. The van der Waals surface area contributed by atoms with Gasteiger partial charge in [0.05, 0.1) is 5.56 Å². The molecule has 7 nitrogen and oxygen atoms in total. The van der Waals surface area contributed by atoms with Gasteiger partial charge in [-0.05, 0) is 48.9 Å². The Bertz CT molecular complexity index is 859. The van der Waals surface area contributed by atoms with Gasteiger partial charge in [0, 0.05) is 17.7 Å². The molecule has 27 heavy (non-hydrogen) atoms. The molecule has 0 aliphatic carbocycles. The van der Waals surface area contributed by atoms with E-state index in [9.17, 15) is 14.4 Å². The largest absolute Gasteiger partial charge is 0.454 e. The number of nitrogens with one attached hydrogen (secondary N) is 1. The smallest absolute Gasteiger partial charge is 0.338 e. The normalized spacial score (nSPS) is 11.7. The predicted octanol–water partition coefficient (Wildman–Crippen LogP) is 3.19. The fraction of sp³-hybridized carbons (Fsp3) is 0.250. The molecule has 1 aliphatic heterocycles. The van der Waals surface area contributed by atoms with Gasteiger partial charge in [-0.1, -0.05) is 6.92 Å². The fourth-order valence-electron chi connectivity index (χ4n) is 2.51. The molecule has 1 aliphatic rings. The van der Waals surface area contributed by atoms with Crippen LogP contribution < -0.4 is 14.8 Å². The molecule has 2 aromatic rings. The Kier molecular flexibility index (Phi) is 5.71. The summed E-state index contributed by atoms with van der Waals surface area (Å²) in [6.07, 6.45) is 1.20.